The van der Waals surface area contributed by atoms with Crippen LogP contribution in [-0.4, -0.2) is 51.3 Å². The van der Waals surface area contributed by atoms with Gasteiger partial charge < -0.3 is 15.3 Å². The summed E-state index contributed by atoms with van der Waals surface area (Å²) in [6, 6.07) is 19.1. The third-order valence-corrected chi connectivity index (χ3v) is 6.48. The van der Waals surface area contributed by atoms with Gasteiger partial charge in [-0.3, -0.25) is 4.90 Å². The predicted octanol–water partition coefficient (Wildman–Crippen LogP) is 3.84. The summed E-state index contributed by atoms with van der Waals surface area (Å²) in [6.07, 6.45) is 5.83. The molecule has 3 N–H and O–H groups in total. The van der Waals surface area contributed by atoms with Crippen molar-refractivity contribution < 1.29 is 24.9 Å². The third-order valence-electron chi connectivity index (χ3n) is 6.48. The lowest BCUT2D eigenvalue weighted by atomic mass is 9.60. The third kappa shape index (κ3) is 5.14. The first-order valence-electron chi connectivity index (χ1n) is 10.6. The Kier molecular flexibility index (Phi) is 7.13. The molecule has 31 heavy (non-hydrogen) atoms. The highest BCUT2D eigenvalue weighted by molar-refractivity contribution is 6.27. The van der Waals surface area contributed by atoms with Crippen LogP contribution in [0.5, 0.6) is 5.75 Å². The second-order valence-electron chi connectivity index (χ2n) is 8.20. The van der Waals surface area contributed by atoms with Crippen molar-refractivity contribution in [2.24, 2.45) is 0 Å². The number of nitrogens with zero attached hydrogens (tertiary/aromatic N) is 1. The van der Waals surface area contributed by atoms with E-state index in [2.05, 4.69) is 47.9 Å². The molecule has 2 bridgehead atoms. The fraction of sp³-hybridized carbons (Fsp3) is 0.360. The molecule has 1 aliphatic carbocycles. The Morgan fingerprint density at radius 2 is 1.74 bits per heavy atom. The summed E-state index contributed by atoms with van der Waals surface area (Å²) >= 11 is 0. The summed E-state index contributed by atoms with van der Waals surface area (Å²) in [4.78, 5) is 20.8. The van der Waals surface area contributed by atoms with Crippen molar-refractivity contribution >= 4 is 11.9 Å². The van der Waals surface area contributed by atoms with Gasteiger partial charge in [0.25, 0.3) is 0 Å². The van der Waals surface area contributed by atoms with Gasteiger partial charge in [-0.15, -0.1) is 0 Å². The van der Waals surface area contributed by atoms with Crippen LogP contribution in [0.15, 0.2) is 66.7 Å². The van der Waals surface area contributed by atoms with Crippen LogP contribution in [0.25, 0.3) is 0 Å². The average molecular weight is 424 g/mol. The number of rotatable bonds is 4. The maximum atomic E-state index is 9.95. The molecule has 0 amide bonds. The smallest absolute Gasteiger partial charge is 0.414 e. The number of fused-ring (bicyclic) bond motifs is 2. The fourth-order valence-corrected chi connectivity index (χ4v) is 4.89. The molecule has 6 heteroatoms. The quantitative estimate of drug-likeness (QED) is 0.511. The molecular formula is C25H29NO5. The summed E-state index contributed by atoms with van der Waals surface area (Å²) in [5.41, 5.74) is 4.09. The van der Waals surface area contributed by atoms with E-state index in [1.807, 2.05) is 12.1 Å². The summed E-state index contributed by atoms with van der Waals surface area (Å²) in [5.74, 6) is -3.28. The van der Waals surface area contributed by atoms with E-state index in [9.17, 15) is 5.11 Å². The number of carboxylic acid groups (broad SMARTS) is 2. The molecule has 1 saturated heterocycles. The number of hydrogen-bond acceptors (Lipinski definition) is 4. The van der Waals surface area contributed by atoms with E-state index in [0.717, 1.165) is 32.4 Å². The lowest BCUT2D eigenvalue weighted by Gasteiger charge is -2.53. The zero-order chi connectivity index (χ0) is 22.4. The summed E-state index contributed by atoms with van der Waals surface area (Å²) in [6.45, 7) is 6.78. The molecule has 0 radical (unpaired) electrons. The Hall–Kier alpha value is -3.12. The molecule has 1 heterocycles. The number of benzene rings is 2. The van der Waals surface area contributed by atoms with Gasteiger partial charge in [0.15, 0.2) is 0 Å². The molecule has 2 aliphatic rings. The molecule has 1 aliphatic heterocycles. The fourth-order valence-electron chi connectivity index (χ4n) is 4.89. The largest absolute Gasteiger partial charge is 0.508 e. The van der Waals surface area contributed by atoms with Gasteiger partial charge in [0, 0.05) is 18.0 Å². The molecule has 2 aromatic carbocycles. The number of phenols is 1. The molecule has 0 unspecified atom stereocenters. The van der Waals surface area contributed by atoms with Crippen molar-refractivity contribution in [2.45, 2.75) is 43.6 Å². The SMILES string of the molecule is C=C1[C@H]2CCC[C@]1(c1cccc(O)c1)CCN2CCc1ccccc1.O=C(O)C(=O)O. The van der Waals surface area contributed by atoms with Crippen LogP contribution < -0.4 is 0 Å². The van der Waals surface area contributed by atoms with Gasteiger partial charge in [-0.2, -0.15) is 0 Å². The Balaban J connectivity index is 0.000000401. The predicted molar refractivity (Wildman–Crippen MR) is 118 cm³/mol. The number of carboxylic acids is 2. The zero-order valence-electron chi connectivity index (χ0n) is 17.5. The molecule has 2 fully saturated rings. The van der Waals surface area contributed by atoms with Crippen LogP contribution in [-0.2, 0) is 21.4 Å². The normalized spacial score (nSPS) is 22.8. The van der Waals surface area contributed by atoms with Crippen molar-refractivity contribution in [3.63, 3.8) is 0 Å². The number of aliphatic carboxylic acids is 2. The van der Waals surface area contributed by atoms with E-state index in [1.165, 1.54) is 29.5 Å². The van der Waals surface area contributed by atoms with Gasteiger partial charge in [-0.05, 0) is 61.1 Å². The second-order valence-corrected chi connectivity index (χ2v) is 8.20. The molecular weight excluding hydrogens is 394 g/mol. The molecule has 2 atom stereocenters. The minimum atomic E-state index is -1.82. The monoisotopic (exact) mass is 423 g/mol. The Morgan fingerprint density at radius 3 is 2.39 bits per heavy atom. The van der Waals surface area contributed by atoms with E-state index in [0.29, 0.717) is 11.8 Å². The first kappa shape index (κ1) is 22.6. The van der Waals surface area contributed by atoms with Gasteiger partial charge in [-0.1, -0.05) is 55.5 Å². The lowest BCUT2D eigenvalue weighted by Crippen LogP contribution is -2.53. The first-order valence-corrected chi connectivity index (χ1v) is 10.6. The van der Waals surface area contributed by atoms with E-state index in [4.69, 9.17) is 19.8 Å². The maximum absolute atomic E-state index is 9.95. The highest BCUT2D eigenvalue weighted by Crippen LogP contribution is 2.50. The van der Waals surface area contributed by atoms with Crippen LogP contribution in [0.1, 0.15) is 36.8 Å². The van der Waals surface area contributed by atoms with Crippen LogP contribution >= 0.6 is 0 Å². The second kappa shape index (κ2) is 9.79. The van der Waals surface area contributed by atoms with Gasteiger partial charge >= 0.3 is 11.9 Å². The molecule has 0 aromatic heterocycles. The van der Waals surface area contributed by atoms with E-state index in [-0.39, 0.29) is 5.41 Å². The van der Waals surface area contributed by atoms with Crippen LogP contribution in [0, 0.1) is 0 Å². The Bertz CT molecular complexity index is 930. The highest BCUT2D eigenvalue weighted by Gasteiger charge is 2.46. The summed E-state index contributed by atoms with van der Waals surface area (Å²) in [7, 11) is 0. The van der Waals surface area contributed by atoms with Crippen LogP contribution in [0.4, 0.5) is 0 Å². The van der Waals surface area contributed by atoms with Gasteiger partial charge in [0.1, 0.15) is 5.75 Å². The van der Waals surface area contributed by atoms with Crippen molar-refractivity contribution in [3.05, 3.63) is 77.9 Å². The molecule has 6 nitrogen and oxygen atoms in total. The lowest BCUT2D eigenvalue weighted by molar-refractivity contribution is -0.159. The van der Waals surface area contributed by atoms with Crippen LogP contribution in [0.2, 0.25) is 0 Å². The summed E-state index contributed by atoms with van der Waals surface area (Å²) < 4.78 is 0. The molecule has 164 valence electrons. The van der Waals surface area contributed by atoms with Crippen molar-refractivity contribution in [2.75, 3.05) is 13.1 Å². The first-order chi connectivity index (χ1) is 14.8. The zero-order valence-corrected chi connectivity index (χ0v) is 17.5. The van der Waals surface area contributed by atoms with Crippen LogP contribution in [0.3, 0.4) is 0 Å². The van der Waals surface area contributed by atoms with Gasteiger partial charge in [0.2, 0.25) is 0 Å². The minimum absolute atomic E-state index is 0.0604. The highest BCUT2D eigenvalue weighted by atomic mass is 16.4. The maximum Gasteiger partial charge on any atom is 0.414 e. The number of phenolic OH excluding ortho intramolecular Hbond substituents is 1. The van der Waals surface area contributed by atoms with E-state index < -0.39 is 11.9 Å². The number of aromatic hydroxyl groups is 1. The van der Waals surface area contributed by atoms with Crippen molar-refractivity contribution in [3.8, 4) is 5.75 Å². The standard InChI is InChI=1S/C23H27NO.C2H2O4/c1-18-22-11-6-13-23(18,20-9-5-10-21(25)17-20)14-16-24(22)15-12-19-7-3-2-4-8-19;3-1(4)2(5)6/h2-5,7-10,17,22,25H,1,6,11-16H2;(H,3,4)(H,5,6)/t22-,23+;/m1./s1. The van der Waals surface area contributed by atoms with Gasteiger partial charge in [-0.25, -0.2) is 9.59 Å². The molecule has 2 aromatic rings. The average Bonchev–Trinajstić information content (AvgIpc) is 2.74. The Morgan fingerprint density at radius 1 is 1.03 bits per heavy atom. The summed E-state index contributed by atoms with van der Waals surface area (Å²) in [5, 5.41) is 24.7. The topological polar surface area (TPSA) is 98.1 Å². The van der Waals surface area contributed by atoms with Gasteiger partial charge in [0.05, 0.1) is 0 Å². The molecule has 1 saturated carbocycles. The number of piperidine rings is 1. The number of hydrogen-bond donors (Lipinski definition) is 3. The van der Waals surface area contributed by atoms with Crippen molar-refractivity contribution in [1.82, 2.24) is 4.90 Å². The Labute approximate surface area is 182 Å². The molecule has 4 rings (SSSR count). The van der Waals surface area contributed by atoms with Crippen molar-refractivity contribution in [1.29, 1.82) is 0 Å². The number of carbonyl (C=O) groups is 2. The molecule has 0 spiro atoms. The minimum Gasteiger partial charge on any atom is -0.508 e. The van der Waals surface area contributed by atoms with E-state index >= 15 is 0 Å². The van der Waals surface area contributed by atoms with E-state index in [1.54, 1.807) is 6.07 Å². The number of likely N-dealkylation sites (tertiary alicyclic amines) is 1.